The molecule has 6 heteroatoms. The van der Waals surface area contributed by atoms with Crippen molar-refractivity contribution in [3.8, 4) is 0 Å². The van der Waals surface area contributed by atoms with Crippen LogP contribution in [0.1, 0.15) is 19.3 Å². The first-order chi connectivity index (χ1) is 12.1. The first-order valence-electron chi connectivity index (χ1n) is 9.23. The van der Waals surface area contributed by atoms with Crippen molar-refractivity contribution in [2.45, 2.75) is 24.9 Å². The zero-order valence-electron chi connectivity index (χ0n) is 14.8. The summed E-state index contributed by atoms with van der Waals surface area (Å²) in [5.41, 5.74) is 0.521. The van der Waals surface area contributed by atoms with E-state index < -0.39 is 12.2 Å². The lowest BCUT2D eigenvalue weighted by Crippen LogP contribution is -2.52. The summed E-state index contributed by atoms with van der Waals surface area (Å²) in [5.74, 6) is -0.235. The molecule has 25 heavy (non-hydrogen) atoms. The lowest BCUT2D eigenvalue weighted by atomic mass is 9.94. The minimum absolute atomic E-state index is 0.235. The number of carbonyl (C=O) groups excluding carboxylic acids is 1. The van der Waals surface area contributed by atoms with Crippen LogP contribution in [0.15, 0.2) is 30.3 Å². The van der Waals surface area contributed by atoms with Gasteiger partial charge in [0.15, 0.2) is 0 Å². The van der Waals surface area contributed by atoms with Crippen molar-refractivity contribution in [3.63, 3.8) is 0 Å². The summed E-state index contributed by atoms with van der Waals surface area (Å²) in [7, 11) is 0. The number of nitrogens with zero attached hydrogens (tertiary/aromatic N) is 3. The number of hydrogen-bond donors (Lipinski definition) is 2. The third-order valence-corrected chi connectivity index (χ3v) is 5.42. The number of aliphatic hydroxyl groups excluding tert-OH is 1. The van der Waals surface area contributed by atoms with E-state index in [0.29, 0.717) is 32.5 Å². The van der Waals surface area contributed by atoms with Crippen LogP contribution in [-0.4, -0.2) is 83.9 Å². The van der Waals surface area contributed by atoms with Gasteiger partial charge in [0.2, 0.25) is 5.91 Å². The van der Waals surface area contributed by atoms with Crippen molar-refractivity contribution in [2.24, 2.45) is 0 Å². The minimum Gasteiger partial charge on any atom is -0.388 e. The molecule has 0 saturated carbocycles. The normalized spacial score (nSPS) is 25.7. The van der Waals surface area contributed by atoms with E-state index in [-0.39, 0.29) is 5.91 Å². The smallest absolute Gasteiger partial charge is 0.248 e. The first kappa shape index (κ1) is 18.2. The molecule has 2 N–H and O–H groups in total. The number of piperazine rings is 1. The van der Waals surface area contributed by atoms with E-state index in [1.54, 1.807) is 4.90 Å². The SMILES string of the molecule is O=C(CO)N1CCC[C@](O)(CN2CCN(c3ccccc3)CC2)CC1. The highest BCUT2D eigenvalue weighted by Crippen LogP contribution is 2.25. The summed E-state index contributed by atoms with van der Waals surface area (Å²) < 4.78 is 0. The van der Waals surface area contributed by atoms with E-state index in [1.165, 1.54) is 5.69 Å². The van der Waals surface area contributed by atoms with Gasteiger partial charge in [-0.25, -0.2) is 0 Å². The molecule has 0 aromatic heterocycles. The highest BCUT2D eigenvalue weighted by molar-refractivity contribution is 5.77. The van der Waals surface area contributed by atoms with Gasteiger partial charge in [-0.3, -0.25) is 9.69 Å². The molecule has 0 spiro atoms. The Morgan fingerprint density at radius 2 is 1.72 bits per heavy atom. The molecule has 3 rings (SSSR count). The number of amides is 1. The molecule has 2 fully saturated rings. The summed E-state index contributed by atoms with van der Waals surface area (Å²) in [5, 5.41) is 20.0. The molecule has 2 aliphatic rings. The van der Waals surface area contributed by atoms with Crippen molar-refractivity contribution >= 4 is 11.6 Å². The van der Waals surface area contributed by atoms with Crippen LogP contribution in [0.4, 0.5) is 5.69 Å². The third kappa shape index (κ3) is 4.71. The number of para-hydroxylation sites is 1. The molecule has 0 radical (unpaired) electrons. The van der Waals surface area contributed by atoms with E-state index >= 15 is 0 Å². The van der Waals surface area contributed by atoms with E-state index in [9.17, 15) is 9.90 Å². The van der Waals surface area contributed by atoms with Gasteiger partial charge in [-0.1, -0.05) is 18.2 Å². The molecule has 1 aromatic rings. The molecule has 2 saturated heterocycles. The van der Waals surface area contributed by atoms with Crippen LogP contribution in [0.5, 0.6) is 0 Å². The third-order valence-electron chi connectivity index (χ3n) is 5.42. The predicted octanol–water partition coefficient (Wildman–Crippen LogP) is 0.544. The van der Waals surface area contributed by atoms with Gasteiger partial charge < -0.3 is 20.0 Å². The summed E-state index contributed by atoms with van der Waals surface area (Å²) >= 11 is 0. The zero-order chi connectivity index (χ0) is 17.7. The Morgan fingerprint density at radius 1 is 1.00 bits per heavy atom. The highest BCUT2D eigenvalue weighted by Gasteiger charge is 2.34. The summed E-state index contributed by atoms with van der Waals surface area (Å²) in [6, 6.07) is 10.4. The van der Waals surface area contributed by atoms with Gasteiger partial charge in [0.05, 0.1) is 5.60 Å². The highest BCUT2D eigenvalue weighted by atomic mass is 16.3. The van der Waals surface area contributed by atoms with Crippen LogP contribution in [0.2, 0.25) is 0 Å². The van der Waals surface area contributed by atoms with Crippen molar-refractivity contribution in [2.75, 3.05) is 57.3 Å². The molecule has 2 heterocycles. The van der Waals surface area contributed by atoms with Crippen molar-refractivity contribution in [1.29, 1.82) is 0 Å². The zero-order valence-corrected chi connectivity index (χ0v) is 14.8. The molecule has 1 amide bonds. The maximum Gasteiger partial charge on any atom is 0.248 e. The van der Waals surface area contributed by atoms with Crippen molar-refractivity contribution in [1.82, 2.24) is 9.80 Å². The average molecular weight is 347 g/mol. The monoisotopic (exact) mass is 347 g/mol. The molecule has 1 atom stereocenters. The second kappa shape index (κ2) is 8.17. The molecule has 6 nitrogen and oxygen atoms in total. The second-order valence-electron chi connectivity index (χ2n) is 7.22. The van der Waals surface area contributed by atoms with E-state index in [4.69, 9.17) is 5.11 Å². The van der Waals surface area contributed by atoms with Crippen LogP contribution in [0.3, 0.4) is 0 Å². The Balaban J connectivity index is 1.50. The Kier molecular flexibility index (Phi) is 5.93. The summed E-state index contributed by atoms with van der Waals surface area (Å²) in [4.78, 5) is 18.1. The lowest BCUT2D eigenvalue weighted by molar-refractivity contribution is -0.134. The number of β-amino-alcohol motifs (C(OH)–C–C–N with tert-alkyl or cyclic N) is 1. The fourth-order valence-electron chi connectivity index (χ4n) is 3.91. The standard InChI is InChI=1S/C19H29N3O3/c23-15-18(24)22-9-4-7-19(25,8-10-22)16-20-11-13-21(14-12-20)17-5-2-1-3-6-17/h1-3,5-6,23,25H,4,7-16H2/t19-/m1/s1. The largest absolute Gasteiger partial charge is 0.388 e. The van der Waals surface area contributed by atoms with Gasteiger partial charge >= 0.3 is 0 Å². The first-order valence-corrected chi connectivity index (χ1v) is 9.23. The molecule has 0 unspecified atom stereocenters. The van der Waals surface area contributed by atoms with Gasteiger partial charge in [-0.2, -0.15) is 0 Å². The maximum absolute atomic E-state index is 11.7. The topological polar surface area (TPSA) is 67.2 Å². The van der Waals surface area contributed by atoms with Crippen LogP contribution < -0.4 is 4.90 Å². The fraction of sp³-hybridized carbons (Fsp3) is 0.632. The summed E-state index contributed by atoms with van der Waals surface area (Å²) in [6.07, 6.45) is 2.07. The van der Waals surface area contributed by atoms with Crippen molar-refractivity contribution < 1.29 is 15.0 Å². The van der Waals surface area contributed by atoms with E-state index in [0.717, 1.165) is 32.6 Å². The molecule has 0 aliphatic carbocycles. The van der Waals surface area contributed by atoms with E-state index in [1.807, 2.05) is 6.07 Å². The molecule has 1 aromatic carbocycles. The Labute approximate surface area is 149 Å². The number of likely N-dealkylation sites (tertiary alicyclic amines) is 1. The lowest BCUT2D eigenvalue weighted by Gasteiger charge is -2.40. The number of aliphatic hydroxyl groups is 2. The van der Waals surface area contributed by atoms with E-state index in [2.05, 4.69) is 34.1 Å². The number of benzene rings is 1. The van der Waals surface area contributed by atoms with Gasteiger partial charge in [-0.05, 0) is 31.4 Å². The average Bonchev–Trinajstić information content (AvgIpc) is 2.84. The quantitative estimate of drug-likeness (QED) is 0.832. The number of rotatable bonds is 4. The Morgan fingerprint density at radius 3 is 2.40 bits per heavy atom. The van der Waals surface area contributed by atoms with Crippen LogP contribution in [0.25, 0.3) is 0 Å². The summed E-state index contributed by atoms with van der Waals surface area (Å²) in [6.45, 7) is 5.19. The fourth-order valence-corrected chi connectivity index (χ4v) is 3.91. The van der Waals surface area contributed by atoms with Crippen LogP contribution >= 0.6 is 0 Å². The molecule has 138 valence electrons. The second-order valence-corrected chi connectivity index (χ2v) is 7.22. The van der Waals surface area contributed by atoms with Gasteiger partial charge in [-0.15, -0.1) is 0 Å². The number of anilines is 1. The minimum atomic E-state index is -0.737. The number of hydrogen-bond acceptors (Lipinski definition) is 5. The van der Waals surface area contributed by atoms with Gasteiger partial charge in [0.25, 0.3) is 0 Å². The van der Waals surface area contributed by atoms with Crippen LogP contribution in [-0.2, 0) is 4.79 Å². The van der Waals surface area contributed by atoms with Gasteiger partial charge in [0.1, 0.15) is 6.61 Å². The maximum atomic E-state index is 11.7. The van der Waals surface area contributed by atoms with Crippen LogP contribution in [0, 0.1) is 0 Å². The molecule has 0 bridgehead atoms. The molecular formula is C19H29N3O3. The molecular weight excluding hydrogens is 318 g/mol. The Hall–Kier alpha value is -1.63. The predicted molar refractivity (Wildman–Crippen MR) is 97.6 cm³/mol. The number of carbonyl (C=O) groups is 1. The van der Waals surface area contributed by atoms with Crippen molar-refractivity contribution in [3.05, 3.63) is 30.3 Å². The van der Waals surface area contributed by atoms with Gasteiger partial charge in [0, 0.05) is 51.5 Å². The Bertz CT molecular complexity index is 560. The molecule has 2 aliphatic heterocycles.